The van der Waals surface area contributed by atoms with Gasteiger partial charge >= 0.3 is 0 Å². The summed E-state index contributed by atoms with van der Waals surface area (Å²) in [7, 11) is 0. The van der Waals surface area contributed by atoms with Crippen LogP contribution in [0, 0.1) is 12.8 Å². The first-order chi connectivity index (χ1) is 12.6. The van der Waals surface area contributed by atoms with Crippen LogP contribution < -0.4 is 10.1 Å². The monoisotopic (exact) mass is 390 g/mol. The number of halogens is 1. The Morgan fingerprint density at radius 1 is 1.22 bits per heavy atom. The zero-order chi connectivity index (χ0) is 19.9. The fraction of sp³-hybridized carbons (Fsp3) is 0.591. The summed E-state index contributed by atoms with van der Waals surface area (Å²) in [5.41, 5.74) is 2.16. The van der Waals surface area contributed by atoms with Gasteiger partial charge in [-0.3, -0.25) is 0 Å². The zero-order valence-electron chi connectivity index (χ0n) is 17.1. The molecular weight excluding hydrogens is 360 g/mol. The summed E-state index contributed by atoms with van der Waals surface area (Å²) in [6.45, 7) is 12.5. The van der Waals surface area contributed by atoms with Crippen molar-refractivity contribution in [3.8, 4) is 5.75 Å². The lowest BCUT2D eigenvalue weighted by molar-refractivity contribution is -0.0662. The molecule has 0 bridgehead atoms. The molecule has 4 nitrogen and oxygen atoms in total. The van der Waals surface area contributed by atoms with Crippen molar-refractivity contribution in [2.75, 3.05) is 0 Å². The van der Waals surface area contributed by atoms with Crippen molar-refractivity contribution in [3.63, 3.8) is 0 Å². The second-order valence-corrected chi connectivity index (χ2v) is 9.22. The number of nitrogens with one attached hydrogen (secondary N) is 1. The predicted octanol–water partition coefficient (Wildman–Crippen LogP) is 5.18. The van der Waals surface area contributed by atoms with Crippen molar-refractivity contribution in [1.82, 2.24) is 10.3 Å². The Bertz CT molecular complexity index is 835. The zero-order valence-corrected chi connectivity index (χ0v) is 17.9. The largest absolute Gasteiger partial charge is 0.485 e. The Balaban J connectivity index is 2.02. The van der Waals surface area contributed by atoms with Gasteiger partial charge in [0.2, 0.25) is 0 Å². The van der Waals surface area contributed by atoms with Crippen LogP contribution in [-0.4, -0.2) is 27.8 Å². The standard InChI is InChI=1S/C22H31ClN2O2/c1-12(2)7-8-14(4)24-20-16-10-17-15(13(3)9-19(23)25-17)11-18(16)27-22(5,6)21(20)26/h9-12,14,20-21,24,26H,7-8H2,1-6H3/t14?,20-,21+/m0/s1. The lowest BCUT2D eigenvalue weighted by Gasteiger charge is -2.43. The number of pyridine rings is 1. The minimum Gasteiger partial charge on any atom is -0.485 e. The summed E-state index contributed by atoms with van der Waals surface area (Å²) in [4.78, 5) is 4.48. The fourth-order valence-corrected chi connectivity index (χ4v) is 4.05. The summed E-state index contributed by atoms with van der Waals surface area (Å²) in [6.07, 6.45) is 1.55. The average Bonchev–Trinajstić information content (AvgIpc) is 2.56. The number of ether oxygens (including phenoxy) is 1. The van der Waals surface area contributed by atoms with Crippen LogP contribution in [0.5, 0.6) is 5.75 Å². The molecule has 1 aromatic heterocycles. The maximum absolute atomic E-state index is 11.0. The van der Waals surface area contributed by atoms with E-state index in [1.54, 1.807) is 0 Å². The Labute approximate surface area is 167 Å². The number of fused-ring (bicyclic) bond motifs is 2. The Morgan fingerprint density at radius 2 is 1.93 bits per heavy atom. The van der Waals surface area contributed by atoms with E-state index in [0.29, 0.717) is 17.1 Å². The van der Waals surface area contributed by atoms with Gasteiger partial charge in [-0.1, -0.05) is 25.4 Å². The van der Waals surface area contributed by atoms with Crippen molar-refractivity contribution in [3.05, 3.63) is 34.5 Å². The molecule has 1 unspecified atom stereocenters. The quantitative estimate of drug-likeness (QED) is 0.690. The van der Waals surface area contributed by atoms with Gasteiger partial charge in [0.1, 0.15) is 22.6 Å². The van der Waals surface area contributed by atoms with Gasteiger partial charge in [-0.2, -0.15) is 0 Å². The summed E-state index contributed by atoms with van der Waals surface area (Å²) in [5.74, 6) is 1.47. The Hall–Kier alpha value is -1.36. The smallest absolute Gasteiger partial charge is 0.131 e. The van der Waals surface area contributed by atoms with Crippen LogP contribution in [0.3, 0.4) is 0 Å². The normalized spacial score (nSPS) is 22.6. The molecule has 27 heavy (non-hydrogen) atoms. The van der Waals surface area contributed by atoms with E-state index in [0.717, 1.165) is 40.6 Å². The molecule has 1 aliphatic rings. The molecular formula is C22H31ClN2O2. The van der Waals surface area contributed by atoms with Gasteiger partial charge in [0.25, 0.3) is 0 Å². The van der Waals surface area contributed by atoms with E-state index in [2.05, 4.69) is 31.1 Å². The summed E-state index contributed by atoms with van der Waals surface area (Å²) >= 11 is 6.17. The first-order valence-electron chi connectivity index (χ1n) is 9.82. The van der Waals surface area contributed by atoms with E-state index >= 15 is 0 Å². The van der Waals surface area contributed by atoms with Crippen molar-refractivity contribution in [1.29, 1.82) is 0 Å². The summed E-state index contributed by atoms with van der Waals surface area (Å²) in [6, 6.07) is 5.98. The highest BCUT2D eigenvalue weighted by Crippen LogP contribution is 2.42. The highest BCUT2D eigenvalue weighted by atomic mass is 35.5. The van der Waals surface area contributed by atoms with Crippen LogP contribution in [-0.2, 0) is 0 Å². The van der Waals surface area contributed by atoms with Gasteiger partial charge in [0.15, 0.2) is 0 Å². The molecule has 0 amide bonds. The Kier molecular flexibility index (Phi) is 5.72. The number of benzene rings is 1. The molecule has 3 atom stereocenters. The lowest BCUT2D eigenvalue weighted by Crippen LogP contribution is -2.53. The topological polar surface area (TPSA) is 54.4 Å². The van der Waals surface area contributed by atoms with Gasteiger partial charge in [-0.15, -0.1) is 0 Å². The van der Waals surface area contributed by atoms with Crippen molar-refractivity contribution >= 4 is 22.5 Å². The second kappa shape index (κ2) is 7.57. The highest BCUT2D eigenvalue weighted by molar-refractivity contribution is 6.29. The molecule has 3 rings (SSSR count). The number of rotatable bonds is 5. The van der Waals surface area contributed by atoms with E-state index in [-0.39, 0.29) is 6.04 Å². The molecule has 1 aromatic carbocycles. The number of hydrogen-bond donors (Lipinski definition) is 2. The third-order valence-corrected chi connectivity index (χ3v) is 5.69. The third-order valence-electron chi connectivity index (χ3n) is 5.49. The molecule has 1 aliphatic heterocycles. The molecule has 2 N–H and O–H groups in total. The molecule has 5 heteroatoms. The maximum Gasteiger partial charge on any atom is 0.131 e. The van der Waals surface area contributed by atoms with Crippen molar-refractivity contribution < 1.29 is 9.84 Å². The van der Waals surface area contributed by atoms with E-state index in [9.17, 15) is 5.11 Å². The number of hydrogen-bond acceptors (Lipinski definition) is 4. The number of aromatic nitrogens is 1. The van der Waals surface area contributed by atoms with E-state index in [4.69, 9.17) is 16.3 Å². The SMILES string of the molecule is Cc1cc(Cl)nc2cc3c(cc12)OC(C)(C)[C@H](O)[C@H]3NC(C)CCC(C)C. The number of nitrogens with zero attached hydrogens (tertiary/aromatic N) is 1. The van der Waals surface area contributed by atoms with Crippen LogP contribution in [0.15, 0.2) is 18.2 Å². The van der Waals surface area contributed by atoms with Gasteiger partial charge < -0.3 is 15.2 Å². The minimum absolute atomic E-state index is 0.212. The van der Waals surface area contributed by atoms with Gasteiger partial charge in [-0.25, -0.2) is 4.98 Å². The maximum atomic E-state index is 11.0. The van der Waals surface area contributed by atoms with E-state index in [1.807, 2.05) is 39.0 Å². The summed E-state index contributed by atoms with van der Waals surface area (Å²) < 4.78 is 6.18. The molecule has 0 aliphatic carbocycles. The fourth-order valence-electron chi connectivity index (χ4n) is 3.80. The molecule has 0 saturated carbocycles. The van der Waals surface area contributed by atoms with Crippen molar-refractivity contribution in [2.24, 2.45) is 5.92 Å². The van der Waals surface area contributed by atoms with Crippen LogP contribution >= 0.6 is 11.6 Å². The average molecular weight is 391 g/mol. The second-order valence-electron chi connectivity index (χ2n) is 8.84. The van der Waals surface area contributed by atoms with Gasteiger partial charge in [0, 0.05) is 17.0 Å². The van der Waals surface area contributed by atoms with Crippen LogP contribution in [0.2, 0.25) is 5.15 Å². The van der Waals surface area contributed by atoms with Gasteiger partial charge in [0.05, 0.1) is 11.6 Å². The highest BCUT2D eigenvalue weighted by Gasteiger charge is 2.43. The number of aryl methyl sites for hydroxylation is 1. The van der Waals surface area contributed by atoms with Crippen LogP contribution in [0.1, 0.15) is 64.6 Å². The van der Waals surface area contributed by atoms with Gasteiger partial charge in [-0.05, 0) is 70.2 Å². The van der Waals surface area contributed by atoms with Crippen molar-refractivity contribution in [2.45, 2.75) is 78.2 Å². The predicted molar refractivity (Wildman–Crippen MR) is 112 cm³/mol. The lowest BCUT2D eigenvalue weighted by atomic mass is 9.85. The first kappa shape index (κ1) is 20.4. The molecule has 0 spiro atoms. The third kappa shape index (κ3) is 4.23. The van der Waals surface area contributed by atoms with E-state index < -0.39 is 11.7 Å². The Morgan fingerprint density at radius 3 is 2.59 bits per heavy atom. The van der Waals surface area contributed by atoms with Crippen LogP contribution in [0.25, 0.3) is 10.9 Å². The minimum atomic E-state index is -0.677. The molecule has 2 aromatic rings. The molecule has 0 radical (unpaired) electrons. The molecule has 148 valence electrons. The summed E-state index contributed by atoms with van der Waals surface area (Å²) in [5, 5.41) is 16.2. The molecule has 0 saturated heterocycles. The van der Waals surface area contributed by atoms with Crippen LogP contribution in [0.4, 0.5) is 0 Å². The molecule has 2 heterocycles. The number of aliphatic hydroxyl groups is 1. The number of aliphatic hydroxyl groups excluding tert-OH is 1. The first-order valence-corrected chi connectivity index (χ1v) is 10.2. The molecule has 0 fully saturated rings. The van der Waals surface area contributed by atoms with E-state index in [1.165, 1.54) is 0 Å².